The van der Waals surface area contributed by atoms with Crippen LogP contribution in [0.2, 0.25) is 0 Å². The largest absolute Gasteiger partial charge is 0.0853 e. The van der Waals surface area contributed by atoms with Crippen LogP contribution in [0.25, 0.3) is 0 Å². The van der Waals surface area contributed by atoms with Gasteiger partial charge in [0.25, 0.3) is 0 Å². The maximum atomic E-state index is 2.50. The van der Waals surface area contributed by atoms with Crippen molar-refractivity contribution in [1.29, 1.82) is 0 Å². The Morgan fingerprint density at radius 3 is 2.50 bits per heavy atom. The van der Waals surface area contributed by atoms with E-state index in [9.17, 15) is 0 Å². The molecule has 68 valence electrons. The molecule has 0 saturated heterocycles. The Morgan fingerprint density at radius 2 is 2.08 bits per heavy atom. The molecule has 2 aliphatic rings. The highest BCUT2D eigenvalue weighted by Crippen LogP contribution is 2.47. The zero-order chi connectivity index (χ0) is 8.44. The van der Waals surface area contributed by atoms with Gasteiger partial charge >= 0.3 is 0 Å². The van der Waals surface area contributed by atoms with E-state index >= 15 is 0 Å². The summed E-state index contributed by atoms with van der Waals surface area (Å²) >= 11 is 0. The predicted molar refractivity (Wildman–Crippen MR) is 53.1 cm³/mol. The fourth-order valence-electron chi connectivity index (χ4n) is 2.32. The summed E-state index contributed by atoms with van der Waals surface area (Å²) in [6.45, 7) is 2.36. The second kappa shape index (κ2) is 3.24. The van der Waals surface area contributed by atoms with Crippen molar-refractivity contribution in [1.82, 2.24) is 0 Å². The number of allylic oxidation sites excluding steroid dienone is 2. The van der Waals surface area contributed by atoms with Crippen molar-refractivity contribution in [3.63, 3.8) is 0 Å². The third-order valence-electron chi connectivity index (χ3n) is 3.81. The highest BCUT2D eigenvalue weighted by molar-refractivity contribution is 5.16. The minimum absolute atomic E-state index is 0.784. The lowest BCUT2D eigenvalue weighted by molar-refractivity contribution is 0.115. The highest BCUT2D eigenvalue weighted by Gasteiger charge is 2.33. The van der Waals surface area contributed by atoms with Crippen molar-refractivity contribution in [2.24, 2.45) is 5.41 Å². The minimum atomic E-state index is 0.784. The molecule has 0 aromatic rings. The Labute approximate surface area is 76.1 Å². The first-order chi connectivity index (χ1) is 5.85. The van der Waals surface area contributed by atoms with Crippen molar-refractivity contribution in [2.45, 2.75) is 58.3 Å². The Hall–Kier alpha value is -0.260. The summed E-state index contributed by atoms with van der Waals surface area (Å²) in [6.07, 6.45) is 14.0. The van der Waals surface area contributed by atoms with Gasteiger partial charge in [-0.05, 0) is 43.9 Å². The third kappa shape index (κ3) is 1.73. The van der Waals surface area contributed by atoms with Crippen LogP contribution >= 0.6 is 0 Å². The summed E-state index contributed by atoms with van der Waals surface area (Å²) in [5, 5.41) is 0. The molecule has 0 aromatic heterocycles. The van der Waals surface area contributed by atoms with Crippen LogP contribution in [0.15, 0.2) is 11.6 Å². The SMILES string of the molecule is CCC1(CCC=C2CC2)CCC1. The van der Waals surface area contributed by atoms with Crippen LogP contribution in [-0.2, 0) is 0 Å². The van der Waals surface area contributed by atoms with E-state index in [4.69, 9.17) is 0 Å². The molecule has 2 aliphatic carbocycles. The van der Waals surface area contributed by atoms with Crippen molar-refractivity contribution in [2.75, 3.05) is 0 Å². The quantitative estimate of drug-likeness (QED) is 0.549. The first-order valence-corrected chi connectivity index (χ1v) is 5.53. The fourth-order valence-corrected chi connectivity index (χ4v) is 2.32. The van der Waals surface area contributed by atoms with Gasteiger partial charge in [-0.3, -0.25) is 0 Å². The number of rotatable bonds is 4. The van der Waals surface area contributed by atoms with Crippen molar-refractivity contribution >= 4 is 0 Å². The van der Waals surface area contributed by atoms with Gasteiger partial charge in [0.1, 0.15) is 0 Å². The van der Waals surface area contributed by atoms with Gasteiger partial charge in [0.15, 0.2) is 0 Å². The second-order valence-corrected chi connectivity index (χ2v) is 4.61. The number of hydrogen-bond acceptors (Lipinski definition) is 0. The molecule has 0 atom stereocenters. The van der Waals surface area contributed by atoms with Gasteiger partial charge in [-0.25, -0.2) is 0 Å². The van der Waals surface area contributed by atoms with Crippen LogP contribution in [0.1, 0.15) is 58.3 Å². The molecule has 12 heavy (non-hydrogen) atoms. The summed E-state index contributed by atoms with van der Waals surface area (Å²) in [4.78, 5) is 0. The van der Waals surface area contributed by atoms with E-state index in [0.717, 1.165) is 5.41 Å². The molecule has 0 aliphatic heterocycles. The topological polar surface area (TPSA) is 0 Å². The van der Waals surface area contributed by atoms with E-state index in [1.165, 1.54) is 51.4 Å². The molecule has 0 amide bonds. The van der Waals surface area contributed by atoms with Crippen molar-refractivity contribution in [3.05, 3.63) is 11.6 Å². The van der Waals surface area contributed by atoms with Crippen LogP contribution in [0.4, 0.5) is 0 Å². The van der Waals surface area contributed by atoms with Gasteiger partial charge < -0.3 is 0 Å². The normalized spacial score (nSPS) is 24.9. The minimum Gasteiger partial charge on any atom is -0.0853 e. The van der Waals surface area contributed by atoms with Crippen LogP contribution in [0.5, 0.6) is 0 Å². The maximum Gasteiger partial charge on any atom is -0.0283 e. The first kappa shape index (κ1) is 8.34. The van der Waals surface area contributed by atoms with Crippen LogP contribution in [-0.4, -0.2) is 0 Å². The Kier molecular flexibility index (Phi) is 2.25. The molecule has 0 radical (unpaired) electrons. The molecule has 2 fully saturated rings. The van der Waals surface area contributed by atoms with Gasteiger partial charge in [0.2, 0.25) is 0 Å². The monoisotopic (exact) mass is 164 g/mol. The molecule has 2 saturated carbocycles. The lowest BCUT2D eigenvalue weighted by Gasteiger charge is -2.41. The predicted octanol–water partition coefficient (Wildman–Crippen LogP) is 4.07. The molecule has 0 unspecified atom stereocenters. The van der Waals surface area contributed by atoms with Crippen molar-refractivity contribution in [3.8, 4) is 0 Å². The highest BCUT2D eigenvalue weighted by atomic mass is 14.4. The Balaban J connectivity index is 1.73. The standard InChI is InChI=1S/C12H20/c1-2-12(9-4-10-12)8-3-5-11-6-7-11/h5H,2-4,6-10H2,1H3. The van der Waals surface area contributed by atoms with Gasteiger partial charge in [-0.2, -0.15) is 0 Å². The van der Waals surface area contributed by atoms with Crippen LogP contribution < -0.4 is 0 Å². The molecular weight excluding hydrogens is 144 g/mol. The zero-order valence-corrected chi connectivity index (χ0v) is 8.23. The number of hydrogen-bond donors (Lipinski definition) is 0. The second-order valence-electron chi connectivity index (χ2n) is 4.61. The van der Waals surface area contributed by atoms with E-state index in [1.807, 2.05) is 0 Å². The molecular formula is C12H20. The Bertz CT molecular complexity index is 173. The van der Waals surface area contributed by atoms with Gasteiger partial charge in [0, 0.05) is 0 Å². The molecule has 0 heterocycles. The van der Waals surface area contributed by atoms with Crippen LogP contribution in [0, 0.1) is 5.41 Å². The lowest BCUT2D eigenvalue weighted by atomic mass is 9.64. The van der Waals surface area contributed by atoms with Gasteiger partial charge in [0.05, 0.1) is 0 Å². The average molecular weight is 164 g/mol. The van der Waals surface area contributed by atoms with E-state index < -0.39 is 0 Å². The molecule has 0 N–H and O–H groups in total. The molecule has 2 rings (SSSR count). The van der Waals surface area contributed by atoms with E-state index in [-0.39, 0.29) is 0 Å². The third-order valence-corrected chi connectivity index (χ3v) is 3.81. The van der Waals surface area contributed by atoms with Gasteiger partial charge in [-0.1, -0.05) is 31.4 Å². The summed E-state index contributed by atoms with van der Waals surface area (Å²) in [5.74, 6) is 0. The van der Waals surface area contributed by atoms with Crippen molar-refractivity contribution < 1.29 is 0 Å². The van der Waals surface area contributed by atoms with E-state index in [0.29, 0.717) is 0 Å². The summed E-state index contributed by atoms with van der Waals surface area (Å²) in [6, 6.07) is 0. The summed E-state index contributed by atoms with van der Waals surface area (Å²) < 4.78 is 0. The van der Waals surface area contributed by atoms with E-state index in [2.05, 4.69) is 13.0 Å². The lowest BCUT2D eigenvalue weighted by Crippen LogP contribution is -2.27. The summed E-state index contributed by atoms with van der Waals surface area (Å²) in [5.41, 5.74) is 2.51. The maximum absolute atomic E-state index is 2.50. The van der Waals surface area contributed by atoms with Crippen LogP contribution in [0.3, 0.4) is 0 Å². The summed E-state index contributed by atoms with van der Waals surface area (Å²) in [7, 11) is 0. The average Bonchev–Trinajstić information content (AvgIpc) is 2.78. The zero-order valence-electron chi connectivity index (χ0n) is 8.23. The van der Waals surface area contributed by atoms with E-state index in [1.54, 1.807) is 5.57 Å². The molecule has 0 bridgehead atoms. The van der Waals surface area contributed by atoms with Gasteiger partial charge in [-0.15, -0.1) is 0 Å². The molecule has 0 aromatic carbocycles. The molecule has 0 heteroatoms. The first-order valence-electron chi connectivity index (χ1n) is 5.53. The fraction of sp³-hybridized carbons (Fsp3) is 0.833. The molecule has 0 nitrogen and oxygen atoms in total. The smallest absolute Gasteiger partial charge is 0.0283 e. The molecule has 0 spiro atoms. The Morgan fingerprint density at radius 1 is 1.33 bits per heavy atom.